The molecule has 1 aliphatic rings. The van der Waals surface area contributed by atoms with Crippen LogP contribution in [0.25, 0.3) is 0 Å². The van der Waals surface area contributed by atoms with Crippen LogP contribution in [-0.4, -0.2) is 22.6 Å². The van der Waals surface area contributed by atoms with Crippen molar-refractivity contribution in [1.29, 1.82) is 0 Å². The molecule has 3 rings (SSSR count). The summed E-state index contributed by atoms with van der Waals surface area (Å²) in [4.78, 5) is 0. The summed E-state index contributed by atoms with van der Waals surface area (Å²) in [7, 11) is 1.91. The van der Waals surface area contributed by atoms with Crippen molar-refractivity contribution >= 4 is 6.21 Å². The molecule has 0 spiro atoms. The molecule has 0 aliphatic heterocycles. The lowest BCUT2D eigenvalue weighted by atomic mass is 9.83. The van der Waals surface area contributed by atoms with Crippen LogP contribution in [0.3, 0.4) is 0 Å². The second kappa shape index (κ2) is 6.75. The van der Waals surface area contributed by atoms with Gasteiger partial charge in [-0.05, 0) is 30.4 Å². The maximum atomic E-state index is 8.73. The van der Waals surface area contributed by atoms with E-state index < -0.39 is 0 Å². The Morgan fingerprint density at radius 3 is 3.18 bits per heavy atom. The second-order valence-corrected chi connectivity index (χ2v) is 5.77. The molecule has 1 unspecified atom stereocenters. The van der Waals surface area contributed by atoms with E-state index in [2.05, 4.69) is 29.4 Å². The molecule has 116 valence electrons. The molecule has 0 amide bonds. The number of aromatic nitrogens is 2. The van der Waals surface area contributed by atoms with Crippen LogP contribution < -0.4 is 4.57 Å². The molecule has 1 N–H and O–H groups in total. The third-order valence-electron chi connectivity index (χ3n) is 4.34. The van der Waals surface area contributed by atoms with Crippen LogP contribution in [0.5, 0.6) is 0 Å². The van der Waals surface area contributed by atoms with Gasteiger partial charge in [-0.25, -0.2) is 9.13 Å². The Bertz CT molecular complexity index is 664. The van der Waals surface area contributed by atoms with Crippen molar-refractivity contribution in [2.75, 3.05) is 6.61 Å². The number of hydrogen-bond acceptors (Lipinski definition) is 3. The monoisotopic (exact) mass is 300 g/mol. The maximum Gasteiger partial charge on any atom is 0.305 e. The van der Waals surface area contributed by atoms with E-state index in [1.165, 1.54) is 36.6 Å². The molecule has 5 heteroatoms. The zero-order valence-electron chi connectivity index (χ0n) is 12.9. The molecule has 0 radical (unpaired) electrons. The maximum absolute atomic E-state index is 8.73. The first-order chi connectivity index (χ1) is 10.8. The number of rotatable bonds is 5. The predicted octanol–water partition coefficient (Wildman–Crippen LogP) is 2.21. The van der Waals surface area contributed by atoms with Gasteiger partial charge >= 0.3 is 5.82 Å². The van der Waals surface area contributed by atoms with Crippen LogP contribution in [0.15, 0.2) is 41.8 Å². The summed E-state index contributed by atoms with van der Waals surface area (Å²) < 4.78 is 9.74. The molecule has 5 nitrogen and oxygen atoms in total. The van der Waals surface area contributed by atoms with Crippen molar-refractivity contribution < 1.29 is 14.5 Å². The average molecular weight is 300 g/mol. The predicted molar refractivity (Wildman–Crippen MR) is 83.1 cm³/mol. The minimum absolute atomic E-state index is 0.459. The summed E-state index contributed by atoms with van der Waals surface area (Å²) in [5, 5.41) is 11.8. The van der Waals surface area contributed by atoms with Gasteiger partial charge in [0.1, 0.15) is 12.4 Å². The normalized spacial score (nSPS) is 17.8. The van der Waals surface area contributed by atoms with Crippen molar-refractivity contribution in [2.45, 2.75) is 31.9 Å². The highest BCUT2D eigenvalue weighted by Crippen LogP contribution is 2.31. The summed E-state index contributed by atoms with van der Waals surface area (Å²) in [6.45, 7) is 1.18. The van der Waals surface area contributed by atoms with E-state index in [-0.39, 0.29) is 0 Å². The summed E-state index contributed by atoms with van der Waals surface area (Å²) in [6, 6.07) is 8.67. The molecule has 0 saturated heterocycles. The number of imidazole rings is 1. The van der Waals surface area contributed by atoms with Gasteiger partial charge in [0.25, 0.3) is 0 Å². The van der Waals surface area contributed by atoms with E-state index in [9.17, 15) is 0 Å². The van der Waals surface area contributed by atoms with Gasteiger partial charge in [-0.1, -0.05) is 29.4 Å². The van der Waals surface area contributed by atoms with Gasteiger partial charge in [0, 0.05) is 5.92 Å². The van der Waals surface area contributed by atoms with E-state index in [1.807, 2.05) is 28.6 Å². The Morgan fingerprint density at radius 1 is 1.45 bits per heavy atom. The topological polar surface area (TPSA) is 50.6 Å². The van der Waals surface area contributed by atoms with Gasteiger partial charge in [-0.15, -0.1) is 0 Å². The fraction of sp³-hybridized carbons (Fsp3) is 0.412. The number of oxime groups is 1. The number of aryl methyl sites for hydroxylation is 2. The van der Waals surface area contributed by atoms with E-state index >= 15 is 0 Å². The van der Waals surface area contributed by atoms with Crippen molar-refractivity contribution in [3.63, 3.8) is 0 Å². The Balaban J connectivity index is 1.63. The van der Waals surface area contributed by atoms with E-state index in [1.54, 1.807) is 0 Å². The van der Waals surface area contributed by atoms with Crippen LogP contribution >= 0.6 is 0 Å². The van der Waals surface area contributed by atoms with E-state index in [0.29, 0.717) is 19.3 Å². The van der Waals surface area contributed by atoms with Gasteiger partial charge in [-0.2, -0.15) is 0 Å². The smallest absolute Gasteiger partial charge is 0.305 e. The highest BCUT2D eigenvalue weighted by atomic mass is 16.5. The van der Waals surface area contributed by atoms with Crippen molar-refractivity contribution in [3.8, 4) is 0 Å². The molecule has 1 heterocycles. The van der Waals surface area contributed by atoms with Crippen LogP contribution in [0.2, 0.25) is 0 Å². The summed E-state index contributed by atoms with van der Waals surface area (Å²) in [5.41, 5.74) is 2.90. The molecule has 0 fully saturated rings. The lowest BCUT2D eigenvalue weighted by Gasteiger charge is -2.25. The molecular formula is C17H22N3O2+. The Morgan fingerprint density at radius 2 is 2.32 bits per heavy atom. The van der Waals surface area contributed by atoms with Crippen LogP contribution in [0, 0.1) is 0 Å². The fourth-order valence-electron chi connectivity index (χ4n) is 3.18. The minimum Gasteiger partial charge on any atom is -0.411 e. The summed E-state index contributed by atoms with van der Waals surface area (Å²) >= 11 is 0. The molecule has 1 aromatic carbocycles. The Hall–Kier alpha value is -2.14. The van der Waals surface area contributed by atoms with Gasteiger partial charge in [0.05, 0.1) is 13.7 Å². The largest absolute Gasteiger partial charge is 0.411 e. The number of nitrogens with zero attached hydrogens (tertiary/aromatic N) is 3. The zero-order chi connectivity index (χ0) is 15.4. The molecule has 1 aliphatic carbocycles. The lowest BCUT2D eigenvalue weighted by Crippen LogP contribution is -2.32. The van der Waals surface area contributed by atoms with Crippen LogP contribution in [0.4, 0.5) is 0 Å². The molecule has 2 aromatic rings. The molecular weight excluding hydrogens is 278 g/mol. The standard InChI is InChI=1S/C17H21N3O2/c1-19-9-10-20(17(19)11-18-21)13-22-12-15-7-4-6-14-5-2-3-8-16(14)15/h2-3,5,8-11,15H,4,6-7,12-13H2,1H3/p+1. The first-order valence-electron chi connectivity index (χ1n) is 7.67. The first kappa shape index (κ1) is 14.8. The Kier molecular flexibility index (Phi) is 4.53. The summed E-state index contributed by atoms with van der Waals surface area (Å²) in [6.07, 6.45) is 8.84. The van der Waals surface area contributed by atoms with Gasteiger partial charge in [-0.3, -0.25) is 0 Å². The summed E-state index contributed by atoms with van der Waals surface area (Å²) in [5.74, 6) is 1.27. The number of fused-ring (bicyclic) bond motifs is 1. The third-order valence-corrected chi connectivity index (χ3v) is 4.34. The van der Waals surface area contributed by atoms with Crippen molar-refractivity contribution in [3.05, 3.63) is 53.6 Å². The van der Waals surface area contributed by atoms with Crippen LogP contribution in [-0.2, 0) is 24.9 Å². The van der Waals surface area contributed by atoms with Gasteiger partial charge < -0.3 is 9.94 Å². The number of benzene rings is 1. The van der Waals surface area contributed by atoms with E-state index in [0.717, 1.165) is 5.82 Å². The molecule has 1 aromatic heterocycles. The number of hydrogen-bond donors (Lipinski definition) is 1. The molecule has 0 saturated carbocycles. The lowest BCUT2D eigenvalue weighted by molar-refractivity contribution is -0.672. The number of ether oxygens (including phenoxy) is 1. The first-order valence-corrected chi connectivity index (χ1v) is 7.67. The van der Waals surface area contributed by atoms with Gasteiger partial charge in [0.2, 0.25) is 0 Å². The van der Waals surface area contributed by atoms with E-state index in [4.69, 9.17) is 9.94 Å². The molecule has 1 atom stereocenters. The van der Waals surface area contributed by atoms with Crippen LogP contribution in [0.1, 0.15) is 35.7 Å². The Labute approximate surface area is 130 Å². The van der Waals surface area contributed by atoms with Crippen molar-refractivity contribution in [1.82, 2.24) is 4.57 Å². The third kappa shape index (κ3) is 3.04. The fourth-order valence-corrected chi connectivity index (χ4v) is 3.18. The second-order valence-electron chi connectivity index (χ2n) is 5.77. The highest BCUT2D eigenvalue weighted by Gasteiger charge is 2.20. The molecule has 22 heavy (non-hydrogen) atoms. The molecule has 0 bridgehead atoms. The minimum atomic E-state index is 0.459. The quantitative estimate of drug-likeness (QED) is 0.398. The SMILES string of the molecule is C[n+]1ccn(COCC2CCCc3ccccc32)c1/C=N/O. The highest BCUT2D eigenvalue weighted by molar-refractivity contribution is 5.72. The zero-order valence-corrected chi connectivity index (χ0v) is 12.9. The van der Waals surface area contributed by atoms with Gasteiger partial charge in [0.15, 0.2) is 12.9 Å². The van der Waals surface area contributed by atoms with Crippen molar-refractivity contribution in [2.24, 2.45) is 12.2 Å². The average Bonchev–Trinajstić information content (AvgIpc) is 2.89.